The van der Waals surface area contributed by atoms with Crippen LogP contribution >= 0.6 is 11.6 Å². The number of anilines is 1. The smallest absolute Gasteiger partial charge is 0.259 e. The fourth-order valence-corrected chi connectivity index (χ4v) is 2.88. The van der Waals surface area contributed by atoms with Crippen LogP contribution < -0.4 is 15.8 Å². The van der Waals surface area contributed by atoms with E-state index in [1.807, 2.05) is 67.6 Å². The first-order valence-corrected chi connectivity index (χ1v) is 9.02. The van der Waals surface area contributed by atoms with Crippen LogP contribution in [0.4, 0.5) is 5.69 Å². The molecule has 3 N–H and O–H groups in total. The summed E-state index contributed by atoms with van der Waals surface area (Å²) < 4.78 is 5.90. The van der Waals surface area contributed by atoms with Crippen molar-refractivity contribution in [1.82, 2.24) is 0 Å². The van der Waals surface area contributed by atoms with Crippen LogP contribution in [0.5, 0.6) is 5.75 Å². The van der Waals surface area contributed by atoms with E-state index in [1.165, 1.54) is 0 Å². The van der Waals surface area contributed by atoms with E-state index in [0.717, 1.165) is 16.7 Å². The van der Waals surface area contributed by atoms with Crippen LogP contribution in [0.15, 0.2) is 66.7 Å². The highest BCUT2D eigenvalue weighted by Crippen LogP contribution is 2.24. The number of amides is 1. The number of halogens is 1. The molecule has 0 aliphatic rings. The van der Waals surface area contributed by atoms with Crippen LogP contribution in [0, 0.1) is 6.92 Å². The Morgan fingerprint density at radius 1 is 1.07 bits per heavy atom. The molecule has 3 rings (SSSR count). The topological polar surface area (TPSA) is 64.3 Å². The zero-order valence-electron chi connectivity index (χ0n) is 15.0. The Balaban J connectivity index is 1.80. The molecule has 0 atom stereocenters. The van der Waals surface area contributed by atoms with E-state index >= 15 is 0 Å². The maximum absolute atomic E-state index is 12.8. The fourth-order valence-electron chi connectivity index (χ4n) is 2.69. The normalized spacial score (nSPS) is 10.5. The van der Waals surface area contributed by atoms with Gasteiger partial charge in [-0.1, -0.05) is 53.6 Å². The molecule has 3 aromatic rings. The molecule has 138 valence electrons. The van der Waals surface area contributed by atoms with Gasteiger partial charge in [-0.25, -0.2) is 0 Å². The highest BCUT2D eigenvalue weighted by molar-refractivity contribution is 6.31. The lowest BCUT2D eigenvalue weighted by Crippen LogP contribution is -2.14. The second kappa shape index (κ2) is 8.71. The first-order chi connectivity index (χ1) is 13.1. The SMILES string of the molecule is Cc1ccc(OCc2ccccc2Cl)c(C(=O)Nc2cccc(CN)c2)c1. The molecule has 1 amide bonds. The lowest BCUT2D eigenvalue weighted by Gasteiger charge is -2.14. The summed E-state index contributed by atoms with van der Waals surface area (Å²) in [5.74, 6) is 0.273. The number of benzene rings is 3. The predicted octanol–water partition coefficient (Wildman–Crippen LogP) is 4.94. The van der Waals surface area contributed by atoms with E-state index in [2.05, 4.69) is 5.32 Å². The van der Waals surface area contributed by atoms with Crippen LogP contribution in [0.25, 0.3) is 0 Å². The molecule has 0 saturated carbocycles. The van der Waals surface area contributed by atoms with Crippen molar-refractivity contribution in [2.24, 2.45) is 5.73 Å². The molecule has 4 nitrogen and oxygen atoms in total. The maximum atomic E-state index is 12.8. The van der Waals surface area contributed by atoms with Gasteiger partial charge in [0.25, 0.3) is 5.91 Å². The number of hydrogen-bond acceptors (Lipinski definition) is 3. The molecule has 0 spiro atoms. The van der Waals surface area contributed by atoms with Crippen LogP contribution in [-0.2, 0) is 13.2 Å². The van der Waals surface area contributed by atoms with Crippen molar-refractivity contribution in [2.75, 3.05) is 5.32 Å². The van der Waals surface area contributed by atoms with Gasteiger partial charge in [0.2, 0.25) is 0 Å². The van der Waals surface area contributed by atoms with Gasteiger partial charge in [-0.15, -0.1) is 0 Å². The van der Waals surface area contributed by atoms with Crippen LogP contribution in [0.1, 0.15) is 27.0 Å². The van der Waals surface area contributed by atoms with Crippen molar-refractivity contribution >= 4 is 23.2 Å². The first-order valence-electron chi connectivity index (χ1n) is 8.64. The molecular weight excluding hydrogens is 360 g/mol. The highest BCUT2D eigenvalue weighted by atomic mass is 35.5. The third-order valence-corrected chi connectivity index (χ3v) is 4.51. The monoisotopic (exact) mass is 380 g/mol. The van der Waals surface area contributed by atoms with Crippen molar-refractivity contribution in [3.8, 4) is 5.75 Å². The average molecular weight is 381 g/mol. The summed E-state index contributed by atoms with van der Waals surface area (Å²) in [6.07, 6.45) is 0. The molecule has 27 heavy (non-hydrogen) atoms. The molecular formula is C22H21ClN2O2. The number of nitrogens with two attached hydrogens (primary N) is 1. The van der Waals surface area contributed by atoms with Crippen LogP contribution in [0.3, 0.4) is 0 Å². The summed E-state index contributed by atoms with van der Waals surface area (Å²) >= 11 is 6.18. The summed E-state index contributed by atoms with van der Waals surface area (Å²) in [6, 6.07) is 20.5. The molecule has 0 unspecified atom stereocenters. The summed E-state index contributed by atoms with van der Waals surface area (Å²) in [4.78, 5) is 12.8. The number of rotatable bonds is 6. The number of nitrogens with one attached hydrogen (secondary N) is 1. The van der Waals surface area contributed by atoms with Gasteiger partial charge in [0.05, 0.1) is 5.56 Å². The molecule has 0 aliphatic heterocycles. The van der Waals surface area contributed by atoms with E-state index in [4.69, 9.17) is 22.1 Å². The molecule has 3 aromatic carbocycles. The summed E-state index contributed by atoms with van der Waals surface area (Å²) in [5.41, 5.74) is 9.62. The zero-order valence-corrected chi connectivity index (χ0v) is 15.8. The first kappa shape index (κ1) is 19.0. The minimum Gasteiger partial charge on any atom is -0.488 e. The number of aryl methyl sites for hydroxylation is 1. The maximum Gasteiger partial charge on any atom is 0.259 e. The lowest BCUT2D eigenvalue weighted by molar-refractivity contribution is 0.102. The Morgan fingerprint density at radius 3 is 2.67 bits per heavy atom. The van der Waals surface area contributed by atoms with E-state index < -0.39 is 0 Å². The summed E-state index contributed by atoms with van der Waals surface area (Å²) in [6.45, 7) is 2.63. The third-order valence-electron chi connectivity index (χ3n) is 4.14. The minimum atomic E-state index is -0.234. The Kier molecular flexibility index (Phi) is 6.12. The highest BCUT2D eigenvalue weighted by Gasteiger charge is 2.14. The molecule has 0 fully saturated rings. The minimum absolute atomic E-state index is 0.234. The predicted molar refractivity (Wildman–Crippen MR) is 109 cm³/mol. The van der Waals surface area contributed by atoms with E-state index in [9.17, 15) is 4.79 Å². The van der Waals surface area contributed by atoms with Gasteiger partial charge in [0.1, 0.15) is 12.4 Å². The largest absolute Gasteiger partial charge is 0.488 e. The Morgan fingerprint density at radius 2 is 1.89 bits per heavy atom. The van der Waals surface area contributed by atoms with Crippen LogP contribution in [-0.4, -0.2) is 5.91 Å². The molecule has 0 aromatic heterocycles. The molecule has 0 heterocycles. The van der Waals surface area contributed by atoms with Gasteiger partial charge in [0, 0.05) is 22.8 Å². The van der Waals surface area contributed by atoms with Gasteiger partial charge in [-0.3, -0.25) is 4.79 Å². The van der Waals surface area contributed by atoms with Crippen LogP contribution in [0.2, 0.25) is 5.02 Å². The van der Waals surface area contributed by atoms with Gasteiger partial charge in [-0.05, 0) is 42.8 Å². The van der Waals surface area contributed by atoms with Crippen molar-refractivity contribution in [3.05, 3.63) is 94.0 Å². The van der Waals surface area contributed by atoms with E-state index in [0.29, 0.717) is 28.6 Å². The lowest BCUT2D eigenvalue weighted by atomic mass is 10.1. The standard InChI is InChI=1S/C22H21ClN2O2/c1-15-9-10-21(27-14-17-6-2-3-8-20(17)23)19(11-15)22(26)25-18-7-4-5-16(12-18)13-24/h2-12H,13-14,24H2,1H3,(H,25,26). The van der Waals surface area contributed by atoms with Gasteiger partial charge in [-0.2, -0.15) is 0 Å². The van der Waals surface area contributed by atoms with E-state index in [1.54, 1.807) is 6.07 Å². The molecule has 0 bridgehead atoms. The molecule has 0 aliphatic carbocycles. The number of hydrogen-bond donors (Lipinski definition) is 2. The quantitative estimate of drug-likeness (QED) is 0.636. The average Bonchev–Trinajstić information content (AvgIpc) is 2.68. The van der Waals surface area contributed by atoms with Gasteiger partial charge in [0.15, 0.2) is 0 Å². The van der Waals surface area contributed by atoms with Crippen molar-refractivity contribution in [2.45, 2.75) is 20.1 Å². The third kappa shape index (κ3) is 4.88. The van der Waals surface area contributed by atoms with Gasteiger partial charge < -0.3 is 15.8 Å². The number of ether oxygens (including phenoxy) is 1. The second-order valence-electron chi connectivity index (χ2n) is 6.24. The summed E-state index contributed by atoms with van der Waals surface area (Å²) in [5, 5.41) is 3.54. The summed E-state index contributed by atoms with van der Waals surface area (Å²) in [7, 11) is 0. The zero-order chi connectivity index (χ0) is 19.2. The Hall–Kier alpha value is -2.82. The van der Waals surface area contributed by atoms with Gasteiger partial charge >= 0.3 is 0 Å². The van der Waals surface area contributed by atoms with Crippen molar-refractivity contribution < 1.29 is 9.53 Å². The Bertz CT molecular complexity index is 957. The Labute approximate surface area is 163 Å². The number of carbonyl (C=O) groups is 1. The van der Waals surface area contributed by atoms with E-state index in [-0.39, 0.29) is 12.5 Å². The second-order valence-corrected chi connectivity index (χ2v) is 6.65. The molecule has 0 saturated heterocycles. The molecule has 0 radical (unpaired) electrons. The van der Waals surface area contributed by atoms with Crippen molar-refractivity contribution in [1.29, 1.82) is 0 Å². The molecule has 5 heteroatoms. The fraction of sp³-hybridized carbons (Fsp3) is 0.136. The van der Waals surface area contributed by atoms with Crippen molar-refractivity contribution in [3.63, 3.8) is 0 Å². The number of carbonyl (C=O) groups excluding carboxylic acids is 1.